The zero-order valence-electron chi connectivity index (χ0n) is 21.4. The van der Waals surface area contributed by atoms with E-state index in [-0.39, 0.29) is 30.6 Å². The van der Waals surface area contributed by atoms with Crippen molar-refractivity contribution in [3.63, 3.8) is 0 Å². The number of rotatable bonds is 10. The van der Waals surface area contributed by atoms with Crippen molar-refractivity contribution in [3.05, 3.63) is 66.0 Å². The molecule has 0 bridgehead atoms. The molecule has 3 amide bonds. The average molecular weight is 522 g/mol. The highest BCUT2D eigenvalue weighted by molar-refractivity contribution is 5.94. The second kappa shape index (κ2) is 12.6. The minimum atomic E-state index is -1.03. The topological polar surface area (TPSA) is 146 Å². The van der Waals surface area contributed by atoms with Crippen molar-refractivity contribution in [2.45, 2.75) is 69.1 Å². The maximum Gasteiger partial charge on any atom is 0.326 e. The summed E-state index contributed by atoms with van der Waals surface area (Å²) in [6.45, 7) is 0.733. The van der Waals surface area contributed by atoms with Gasteiger partial charge in [-0.25, -0.2) is 4.79 Å². The zero-order valence-corrected chi connectivity index (χ0v) is 21.4. The van der Waals surface area contributed by atoms with Crippen LogP contribution in [0.3, 0.4) is 0 Å². The normalized spacial score (nSPS) is 20.7. The standard InChI is InChI=1S/C28H35N5O5/c29-21(15-19-7-2-1-3-8-19)17-25(34)31-22(16-20-9-4-12-30-18-20)26(35)32-13-5-10-23(32)27(36)33-14-6-11-24(33)28(37)38/h1-4,7-9,12,18,21-24H,5-6,10-11,13-17,29H2,(H,31,34)(H,37,38). The van der Waals surface area contributed by atoms with Crippen LogP contribution in [0.15, 0.2) is 54.9 Å². The second-order valence-electron chi connectivity index (χ2n) is 10.1. The average Bonchev–Trinajstić information content (AvgIpc) is 3.59. The Morgan fingerprint density at radius 1 is 0.947 bits per heavy atom. The number of aromatic nitrogens is 1. The number of carbonyl (C=O) groups excluding carboxylic acids is 3. The Labute approximate surface area is 222 Å². The first-order valence-corrected chi connectivity index (χ1v) is 13.1. The number of nitrogens with one attached hydrogen (secondary N) is 1. The van der Waals surface area contributed by atoms with Gasteiger partial charge in [-0.05, 0) is 49.3 Å². The van der Waals surface area contributed by atoms with Crippen molar-refractivity contribution in [2.75, 3.05) is 13.1 Å². The molecule has 10 heteroatoms. The first-order chi connectivity index (χ1) is 18.3. The van der Waals surface area contributed by atoms with Crippen molar-refractivity contribution in [3.8, 4) is 0 Å². The van der Waals surface area contributed by atoms with Crippen LogP contribution in [0.25, 0.3) is 0 Å². The van der Waals surface area contributed by atoms with Crippen LogP contribution in [0, 0.1) is 0 Å². The first kappa shape index (κ1) is 27.3. The molecule has 0 spiro atoms. The molecule has 4 atom stereocenters. The smallest absolute Gasteiger partial charge is 0.326 e. The number of hydrogen-bond donors (Lipinski definition) is 3. The number of benzene rings is 1. The Bertz CT molecular complexity index is 1130. The van der Waals surface area contributed by atoms with Crippen LogP contribution in [-0.4, -0.2) is 80.8 Å². The number of aliphatic carboxylic acids is 1. The molecule has 2 fully saturated rings. The van der Waals surface area contributed by atoms with Crippen molar-refractivity contribution in [2.24, 2.45) is 5.73 Å². The fourth-order valence-electron chi connectivity index (χ4n) is 5.40. The molecule has 38 heavy (non-hydrogen) atoms. The van der Waals surface area contributed by atoms with Crippen molar-refractivity contribution >= 4 is 23.7 Å². The van der Waals surface area contributed by atoms with Gasteiger partial charge in [0.15, 0.2) is 0 Å². The van der Waals surface area contributed by atoms with Crippen LogP contribution in [0.4, 0.5) is 0 Å². The summed E-state index contributed by atoms with van der Waals surface area (Å²) in [5, 5.41) is 12.4. The summed E-state index contributed by atoms with van der Waals surface area (Å²) in [6.07, 6.45) is 6.17. The predicted molar refractivity (Wildman–Crippen MR) is 140 cm³/mol. The van der Waals surface area contributed by atoms with Gasteiger partial charge in [-0.2, -0.15) is 0 Å². The molecular weight excluding hydrogens is 486 g/mol. The lowest BCUT2D eigenvalue weighted by atomic mass is 10.0. The van der Waals surface area contributed by atoms with Crippen LogP contribution < -0.4 is 11.1 Å². The largest absolute Gasteiger partial charge is 0.480 e. The van der Waals surface area contributed by atoms with Gasteiger partial charge in [-0.15, -0.1) is 0 Å². The van der Waals surface area contributed by atoms with Gasteiger partial charge in [0.1, 0.15) is 18.1 Å². The van der Waals surface area contributed by atoms with E-state index in [1.165, 1.54) is 9.80 Å². The number of hydrogen-bond acceptors (Lipinski definition) is 6. The summed E-state index contributed by atoms with van der Waals surface area (Å²) in [5.41, 5.74) is 8.03. The van der Waals surface area contributed by atoms with Crippen LogP contribution in [0.5, 0.6) is 0 Å². The molecule has 0 saturated carbocycles. The van der Waals surface area contributed by atoms with E-state index < -0.39 is 30.1 Å². The number of nitrogens with zero attached hydrogens (tertiary/aromatic N) is 3. The maximum atomic E-state index is 13.8. The molecule has 4 unspecified atom stereocenters. The highest BCUT2D eigenvalue weighted by Gasteiger charge is 2.43. The Kier molecular flexibility index (Phi) is 9.06. The van der Waals surface area contributed by atoms with Crippen LogP contribution in [-0.2, 0) is 32.0 Å². The molecule has 0 radical (unpaired) electrons. The number of carbonyl (C=O) groups is 4. The van der Waals surface area contributed by atoms with E-state index in [1.807, 2.05) is 36.4 Å². The molecule has 1 aromatic carbocycles. The zero-order chi connectivity index (χ0) is 27.1. The van der Waals surface area contributed by atoms with E-state index in [9.17, 15) is 24.3 Å². The van der Waals surface area contributed by atoms with Crippen LogP contribution in [0.2, 0.25) is 0 Å². The molecule has 2 aromatic rings. The van der Waals surface area contributed by atoms with Crippen molar-refractivity contribution in [1.82, 2.24) is 20.1 Å². The summed E-state index contributed by atoms with van der Waals surface area (Å²) in [5.74, 6) is -2.07. The van der Waals surface area contributed by atoms with Gasteiger partial charge < -0.3 is 26.0 Å². The van der Waals surface area contributed by atoms with E-state index >= 15 is 0 Å². The highest BCUT2D eigenvalue weighted by Crippen LogP contribution is 2.26. The number of amides is 3. The third-order valence-corrected chi connectivity index (χ3v) is 7.23. The minimum absolute atomic E-state index is 0.0438. The number of pyridine rings is 1. The summed E-state index contributed by atoms with van der Waals surface area (Å²) < 4.78 is 0. The summed E-state index contributed by atoms with van der Waals surface area (Å²) >= 11 is 0. The Hall–Kier alpha value is -3.79. The summed E-state index contributed by atoms with van der Waals surface area (Å²) in [4.78, 5) is 58.8. The predicted octanol–water partition coefficient (Wildman–Crippen LogP) is 1.14. The van der Waals surface area contributed by atoms with Gasteiger partial charge in [0.05, 0.1) is 0 Å². The van der Waals surface area contributed by atoms with E-state index in [1.54, 1.807) is 18.5 Å². The van der Waals surface area contributed by atoms with E-state index in [0.717, 1.165) is 11.1 Å². The molecular formula is C28H35N5O5. The number of likely N-dealkylation sites (tertiary alicyclic amines) is 2. The number of nitrogens with two attached hydrogens (primary N) is 1. The molecule has 4 N–H and O–H groups in total. The van der Waals surface area contributed by atoms with E-state index in [4.69, 9.17) is 5.73 Å². The molecule has 2 aliphatic rings. The lowest BCUT2D eigenvalue weighted by Gasteiger charge is -2.32. The van der Waals surface area contributed by atoms with Gasteiger partial charge in [0, 0.05) is 44.4 Å². The molecule has 202 valence electrons. The van der Waals surface area contributed by atoms with Crippen LogP contribution >= 0.6 is 0 Å². The maximum absolute atomic E-state index is 13.8. The number of carboxylic acids is 1. The molecule has 10 nitrogen and oxygen atoms in total. The fraction of sp³-hybridized carbons (Fsp3) is 0.464. The fourth-order valence-corrected chi connectivity index (χ4v) is 5.40. The van der Waals surface area contributed by atoms with E-state index in [0.29, 0.717) is 45.2 Å². The molecule has 2 aliphatic heterocycles. The Morgan fingerprint density at radius 3 is 2.32 bits per heavy atom. The summed E-state index contributed by atoms with van der Waals surface area (Å²) in [6, 6.07) is 10.3. The quantitative estimate of drug-likeness (QED) is 0.425. The Balaban J connectivity index is 1.46. The van der Waals surface area contributed by atoms with Crippen molar-refractivity contribution < 1.29 is 24.3 Å². The third-order valence-electron chi connectivity index (χ3n) is 7.23. The monoisotopic (exact) mass is 521 g/mol. The molecule has 3 heterocycles. The van der Waals surface area contributed by atoms with Gasteiger partial charge in [-0.1, -0.05) is 36.4 Å². The lowest BCUT2D eigenvalue weighted by Crippen LogP contribution is -2.56. The third kappa shape index (κ3) is 6.74. The Morgan fingerprint density at radius 2 is 1.63 bits per heavy atom. The molecule has 1 aromatic heterocycles. The van der Waals surface area contributed by atoms with Crippen LogP contribution in [0.1, 0.15) is 43.2 Å². The van der Waals surface area contributed by atoms with Gasteiger partial charge >= 0.3 is 5.97 Å². The minimum Gasteiger partial charge on any atom is -0.480 e. The van der Waals surface area contributed by atoms with Gasteiger partial charge in [-0.3, -0.25) is 19.4 Å². The first-order valence-electron chi connectivity index (χ1n) is 13.1. The highest BCUT2D eigenvalue weighted by atomic mass is 16.4. The van der Waals surface area contributed by atoms with Gasteiger partial charge in [0.2, 0.25) is 17.7 Å². The lowest BCUT2D eigenvalue weighted by molar-refractivity contribution is -0.152. The number of carboxylic acid groups (broad SMARTS) is 1. The summed E-state index contributed by atoms with van der Waals surface area (Å²) in [7, 11) is 0. The van der Waals surface area contributed by atoms with E-state index in [2.05, 4.69) is 10.3 Å². The van der Waals surface area contributed by atoms with Crippen molar-refractivity contribution in [1.29, 1.82) is 0 Å². The molecule has 2 saturated heterocycles. The SMILES string of the molecule is NC(CC(=O)NC(Cc1cccnc1)C(=O)N1CCCC1C(=O)N1CCCC1C(=O)O)Cc1ccccc1. The molecule has 4 rings (SSSR count). The molecule has 0 aliphatic carbocycles. The second-order valence-corrected chi connectivity index (χ2v) is 10.1. The van der Waals surface area contributed by atoms with Gasteiger partial charge in [0.25, 0.3) is 0 Å².